The monoisotopic (exact) mass is 261 g/mol. The molecule has 0 amide bonds. The second kappa shape index (κ2) is 7.43. The van der Waals surface area contributed by atoms with E-state index in [2.05, 4.69) is 4.90 Å². The molecule has 0 bridgehead atoms. The number of hydrogen-bond donors (Lipinski definition) is 0. The van der Waals surface area contributed by atoms with E-state index in [1.165, 1.54) is 0 Å². The number of nitrogens with zero attached hydrogens (tertiary/aromatic N) is 1. The lowest BCUT2D eigenvalue weighted by Crippen LogP contribution is -2.43. The molecule has 0 fully saturated rings. The van der Waals surface area contributed by atoms with Crippen LogP contribution in [0.25, 0.3) is 0 Å². The molecule has 0 N–H and O–H groups in total. The molecule has 0 unspecified atom stereocenters. The van der Waals surface area contributed by atoms with Crippen LogP contribution in [0.2, 0.25) is 0 Å². The molecular weight excluding hydrogens is 230 g/mol. The van der Waals surface area contributed by atoms with Crippen molar-refractivity contribution in [2.75, 3.05) is 33.9 Å². The summed E-state index contributed by atoms with van der Waals surface area (Å²) in [7, 11) is 4.05. The second-order valence-corrected chi connectivity index (χ2v) is 6.27. The molecule has 0 spiro atoms. The fraction of sp³-hybridized carbons (Fsp3) is 1.00. The highest BCUT2D eigenvalue weighted by molar-refractivity contribution is 4.72. The van der Waals surface area contributed by atoms with Crippen molar-refractivity contribution in [1.29, 1.82) is 0 Å². The molecule has 0 rings (SSSR count). The van der Waals surface area contributed by atoms with Crippen LogP contribution in [0.5, 0.6) is 0 Å². The van der Waals surface area contributed by atoms with E-state index >= 15 is 0 Å². The lowest BCUT2D eigenvalue weighted by Gasteiger charge is -2.36. The summed E-state index contributed by atoms with van der Waals surface area (Å²) in [5, 5.41) is 0. The van der Waals surface area contributed by atoms with E-state index in [1.54, 1.807) is 0 Å². The normalized spacial score (nSPS) is 13.7. The van der Waals surface area contributed by atoms with Crippen molar-refractivity contribution in [3.05, 3.63) is 0 Å². The van der Waals surface area contributed by atoms with Crippen molar-refractivity contribution >= 4 is 0 Å². The summed E-state index contributed by atoms with van der Waals surface area (Å²) >= 11 is 0. The zero-order chi connectivity index (χ0) is 14.4. The standard InChI is InChI=1S/C14H31NO3/c1-12(2)16-11-13(3,4)18-14(5,6)17-10-9-15(7)8/h12H,9-11H2,1-8H3. The minimum Gasteiger partial charge on any atom is -0.376 e. The van der Waals surface area contributed by atoms with Crippen LogP contribution in [0.15, 0.2) is 0 Å². The average molecular weight is 261 g/mol. The fourth-order valence-corrected chi connectivity index (χ4v) is 1.57. The Balaban J connectivity index is 4.11. The zero-order valence-electron chi connectivity index (χ0n) is 13.4. The molecule has 4 heteroatoms. The first-order valence-electron chi connectivity index (χ1n) is 6.64. The number of rotatable bonds is 9. The third-order valence-electron chi connectivity index (χ3n) is 2.27. The van der Waals surface area contributed by atoms with E-state index in [4.69, 9.17) is 14.2 Å². The Labute approximate surface area is 113 Å². The molecule has 18 heavy (non-hydrogen) atoms. The highest BCUT2D eigenvalue weighted by Crippen LogP contribution is 2.22. The van der Waals surface area contributed by atoms with Crippen LogP contribution in [0.3, 0.4) is 0 Å². The predicted octanol–water partition coefficient (Wildman–Crippen LogP) is 2.52. The van der Waals surface area contributed by atoms with Crippen molar-refractivity contribution in [2.45, 2.75) is 59.0 Å². The Morgan fingerprint density at radius 2 is 1.61 bits per heavy atom. The Hall–Kier alpha value is -0.160. The van der Waals surface area contributed by atoms with Gasteiger partial charge in [-0.15, -0.1) is 0 Å². The summed E-state index contributed by atoms with van der Waals surface area (Å²) < 4.78 is 17.4. The molecule has 0 aromatic carbocycles. The predicted molar refractivity (Wildman–Crippen MR) is 74.8 cm³/mol. The summed E-state index contributed by atoms with van der Waals surface area (Å²) in [6.07, 6.45) is 0.214. The maximum Gasteiger partial charge on any atom is 0.163 e. The van der Waals surface area contributed by atoms with Gasteiger partial charge in [0.15, 0.2) is 5.79 Å². The first-order valence-corrected chi connectivity index (χ1v) is 6.64. The Morgan fingerprint density at radius 3 is 2.06 bits per heavy atom. The van der Waals surface area contributed by atoms with Gasteiger partial charge >= 0.3 is 0 Å². The topological polar surface area (TPSA) is 30.9 Å². The molecule has 0 aromatic rings. The van der Waals surface area contributed by atoms with E-state index in [1.807, 2.05) is 55.6 Å². The summed E-state index contributed by atoms with van der Waals surface area (Å²) in [6.45, 7) is 14.1. The first kappa shape index (κ1) is 17.8. The van der Waals surface area contributed by atoms with Gasteiger partial charge in [0.1, 0.15) is 0 Å². The maximum atomic E-state index is 5.99. The van der Waals surface area contributed by atoms with Gasteiger partial charge in [-0.2, -0.15) is 0 Å². The van der Waals surface area contributed by atoms with E-state index in [9.17, 15) is 0 Å². The molecule has 0 aromatic heterocycles. The van der Waals surface area contributed by atoms with Crippen LogP contribution >= 0.6 is 0 Å². The van der Waals surface area contributed by atoms with Gasteiger partial charge < -0.3 is 19.1 Å². The summed E-state index contributed by atoms with van der Waals surface area (Å²) in [5.41, 5.74) is -0.355. The highest BCUT2D eigenvalue weighted by atomic mass is 16.7. The van der Waals surface area contributed by atoms with E-state index in [0.717, 1.165) is 6.54 Å². The minimum atomic E-state index is -0.597. The summed E-state index contributed by atoms with van der Waals surface area (Å²) in [5.74, 6) is -0.597. The van der Waals surface area contributed by atoms with Gasteiger partial charge in [0.2, 0.25) is 0 Å². The van der Waals surface area contributed by atoms with Crippen LogP contribution in [-0.2, 0) is 14.2 Å². The number of likely N-dealkylation sites (N-methyl/N-ethyl adjacent to an activating group) is 1. The van der Waals surface area contributed by atoms with Gasteiger partial charge in [-0.1, -0.05) is 0 Å². The van der Waals surface area contributed by atoms with Gasteiger partial charge in [0.05, 0.1) is 24.9 Å². The fourth-order valence-electron chi connectivity index (χ4n) is 1.57. The largest absolute Gasteiger partial charge is 0.376 e. The number of ether oxygens (including phenoxy) is 3. The lowest BCUT2D eigenvalue weighted by molar-refractivity contribution is -0.273. The molecule has 0 aliphatic carbocycles. The van der Waals surface area contributed by atoms with Crippen molar-refractivity contribution in [3.8, 4) is 0 Å². The molecule has 0 saturated carbocycles. The Morgan fingerprint density at radius 1 is 1.06 bits per heavy atom. The van der Waals surface area contributed by atoms with Gasteiger partial charge in [-0.05, 0) is 55.6 Å². The van der Waals surface area contributed by atoms with Gasteiger partial charge in [-0.25, -0.2) is 0 Å². The Bertz CT molecular complexity index is 225. The molecule has 0 heterocycles. The summed E-state index contributed by atoms with van der Waals surface area (Å²) in [6, 6.07) is 0. The van der Waals surface area contributed by atoms with Crippen LogP contribution in [0.1, 0.15) is 41.5 Å². The third kappa shape index (κ3) is 9.83. The first-order chi connectivity index (χ1) is 8.04. The van der Waals surface area contributed by atoms with Gasteiger partial charge in [-0.3, -0.25) is 0 Å². The van der Waals surface area contributed by atoms with Crippen molar-refractivity contribution in [2.24, 2.45) is 0 Å². The second-order valence-electron chi connectivity index (χ2n) is 6.27. The SMILES string of the molecule is CC(C)OCC(C)(C)OC(C)(C)OCCN(C)C. The van der Waals surface area contributed by atoms with Crippen molar-refractivity contribution < 1.29 is 14.2 Å². The molecule has 0 aliphatic rings. The quantitative estimate of drug-likeness (QED) is 0.597. The van der Waals surface area contributed by atoms with E-state index < -0.39 is 5.79 Å². The smallest absolute Gasteiger partial charge is 0.163 e. The zero-order valence-corrected chi connectivity index (χ0v) is 13.4. The molecule has 110 valence electrons. The Kier molecular flexibility index (Phi) is 7.37. The van der Waals surface area contributed by atoms with Crippen LogP contribution in [-0.4, -0.2) is 56.2 Å². The summed E-state index contributed by atoms with van der Waals surface area (Å²) in [4.78, 5) is 2.09. The minimum absolute atomic E-state index is 0.214. The van der Waals surface area contributed by atoms with Crippen molar-refractivity contribution in [3.63, 3.8) is 0 Å². The molecule has 0 aliphatic heterocycles. The van der Waals surface area contributed by atoms with E-state index in [-0.39, 0.29) is 11.7 Å². The third-order valence-corrected chi connectivity index (χ3v) is 2.27. The molecule has 0 radical (unpaired) electrons. The van der Waals surface area contributed by atoms with Crippen molar-refractivity contribution in [1.82, 2.24) is 4.90 Å². The van der Waals surface area contributed by atoms with Crippen LogP contribution < -0.4 is 0 Å². The molecular formula is C14H31NO3. The molecule has 0 atom stereocenters. The van der Waals surface area contributed by atoms with Crippen LogP contribution in [0, 0.1) is 0 Å². The molecule has 0 saturated heterocycles. The average Bonchev–Trinajstić information content (AvgIpc) is 2.12. The molecule has 4 nitrogen and oxygen atoms in total. The van der Waals surface area contributed by atoms with E-state index in [0.29, 0.717) is 13.2 Å². The maximum absolute atomic E-state index is 5.99. The number of hydrogen-bond acceptors (Lipinski definition) is 4. The van der Waals surface area contributed by atoms with Gasteiger partial charge in [0.25, 0.3) is 0 Å². The lowest BCUT2D eigenvalue weighted by atomic mass is 10.1. The van der Waals surface area contributed by atoms with Gasteiger partial charge in [0, 0.05) is 6.54 Å². The highest BCUT2D eigenvalue weighted by Gasteiger charge is 2.30. The van der Waals surface area contributed by atoms with Crippen LogP contribution in [0.4, 0.5) is 0 Å².